The van der Waals surface area contributed by atoms with Crippen LogP contribution in [0.15, 0.2) is 39.1 Å². The molecule has 0 aromatic heterocycles. The molecule has 16 heavy (non-hydrogen) atoms. The van der Waals surface area contributed by atoms with E-state index < -0.39 is 0 Å². The molecule has 0 saturated heterocycles. The number of nitrogens with zero attached hydrogens (tertiary/aromatic N) is 2. The van der Waals surface area contributed by atoms with Crippen molar-refractivity contribution in [3.05, 3.63) is 24.3 Å². The summed E-state index contributed by atoms with van der Waals surface area (Å²) in [4.78, 5) is 8.86. The first kappa shape index (κ1) is 12.4. The van der Waals surface area contributed by atoms with Crippen molar-refractivity contribution in [3.8, 4) is 0 Å². The molecule has 0 bridgehead atoms. The van der Waals surface area contributed by atoms with Crippen LogP contribution in [0.3, 0.4) is 0 Å². The van der Waals surface area contributed by atoms with Crippen molar-refractivity contribution in [2.45, 2.75) is 11.8 Å². The van der Waals surface area contributed by atoms with Crippen LogP contribution in [-0.2, 0) is 0 Å². The summed E-state index contributed by atoms with van der Waals surface area (Å²) in [5.41, 5.74) is 16.6. The number of hydrogen-bond donors (Lipinski definition) is 3. The molecule has 5 nitrogen and oxygen atoms in total. The first-order valence-corrected chi connectivity index (χ1v) is 5.77. The highest BCUT2D eigenvalue weighted by Gasteiger charge is 1.94. The molecule has 0 radical (unpaired) electrons. The Hall–Kier alpha value is -1.69. The van der Waals surface area contributed by atoms with Crippen LogP contribution in [0.2, 0.25) is 0 Å². The van der Waals surface area contributed by atoms with Crippen LogP contribution < -0.4 is 17.2 Å². The Morgan fingerprint density at radius 2 is 1.81 bits per heavy atom. The molecule has 0 aliphatic carbocycles. The molecule has 0 aliphatic rings. The van der Waals surface area contributed by atoms with Crippen molar-refractivity contribution in [2.75, 3.05) is 5.75 Å². The Morgan fingerprint density at radius 1 is 1.19 bits per heavy atom. The van der Waals surface area contributed by atoms with E-state index in [1.165, 1.54) is 4.90 Å². The number of nitrogens with two attached hydrogens (primary N) is 3. The fraction of sp³-hybridized carbons (Fsp3) is 0.200. The minimum atomic E-state index is -0.0978. The molecular weight excluding hydrogens is 222 g/mol. The zero-order valence-corrected chi connectivity index (χ0v) is 9.87. The maximum absolute atomic E-state index is 5.50. The summed E-state index contributed by atoms with van der Waals surface area (Å²) in [5.74, 6) is 0.994. The van der Waals surface area contributed by atoms with E-state index in [0.29, 0.717) is 0 Å². The van der Waals surface area contributed by atoms with Crippen LogP contribution in [0, 0.1) is 0 Å². The molecule has 0 fully saturated rings. The van der Waals surface area contributed by atoms with E-state index in [0.717, 1.165) is 11.4 Å². The third kappa shape index (κ3) is 4.22. The molecule has 0 heterocycles. The second-order valence-corrected chi connectivity index (χ2v) is 4.27. The lowest BCUT2D eigenvalue weighted by atomic mass is 10.3. The highest BCUT2D eigenvalue weighted by atomic mass is 32.2. The molecule has 0 atom stereocenters. The molecule has 86 valence electrons. The van der Waals surface area contributed by atoms with Gasteiger partial charge in [-0.25, -0.2) is 4.99 Å². The summed E-state index contributed by atoms with van der Waals surface area (Å²) in [6.45, 7) is 2.10. The molecule has 0 amide bonds. The largest absolute Gasteiger partial charge is 0.370 e. The van der Waals surface area contributed by atoms with Gasteiger partial charge in [0.2, 0.25) is 5.96 Å². The Kier molecular flexibility index (Phi) is 4.65. The first-order chi connectivity index (χ1) is 7.61. The fourth-order valence-electron chi connectivity index (χ4n) is 1.07. The third-order valence-electron chi connectivity index (χ3n) is 1.64. The lowest BCUT2D eigenvalue weighted by molar-refractivity contribution is 1.36. The second kappa shape index (κ2) is 6.02. The van der Waals surface area contributed by atoms with E-state index in [4.69, 9.17) is 17.2 Å². The molecular formula is C10H15N5S. The maximum Gasteiger partial charge on any atom is 0.223 e. The Bertz CT molecular complexity index is 392. The van der Waals surface area contributed by atoms with Crippen molar-refractivity contribution in [1.82, 2.24) is 0 Å². The minimum Gasteiger partial charge on any atom is -0.370 e. The van der Waals surface area contributed by atoms with Gasteiger partial charge >= 0.3 is 0 Å². The first-order valence-electron chi connectivity index (χ1n) is 4.78. The van der Waals surface area contributed by atoms with E-state index in [2.05, 4.69) is 16.9 Å². The maximum atomic E-state index is 5.50. The fourth-order valence-corrected chi connectivity index (χ4v) is 1.73. The van der Waals surface area contributed by atoms with Crippen LogP contribution in [0.1, 0.15) is 6.92 Å². The monoisotopic (exact) mass is 237 g/mol. The second-order valence-electron chi connectivity index (χ2n) is 2.93. The van der Waals surface area contributed by atoms with Gasteiger partial charge in [0.25, 0.3) is 0 Å². The average molecular weight is 237 g/mol. The summed E-state index contributed by atoms with van der Waals surface area (Å²) in [6.07, 6.45) is 0. The third-order valence-corrected chi connectivity index (χ3v) is 2.53. The van der Waals surface area contributed by atoms with Gasteiger partial charge < -0.3 is 17.2 Å². The molecule has 1 aromatic rings. The lowest BCUT2D eigenvalue weighted by Crippen LogP contribution is -2.26. The Morgan fingerprint density at radius 3 is 2.31 bits per heavy atom. The highest BCUT2D eigenvalue weighted by molar-refractivity contribution is 7.99. The van der Waals surface area contributed by atoms with Gasteiger partial charge in [0.05, 0.1) is 5.69 Å². The molecule has 0 saturated carbocycles. The van der Waals surface area contributed by atoms with E-state index in [9.17, 15) is 0 Å². The predicted molar refractivity (Wildman–Crippen MR) is 69.9 cm³/mol. The normalized spacial score (nSPS) is 11.2. The van der Waals surface area contributed by atoms with E-state index in [1.807, 2.05) is 24.3 Å². The molecule has 6 N–H and O–H groups in total. The summed E-state index contributed by atoms with van der Waals surface area (Å²) in [6, 6.07) is 7.70. The van der Waals surface area contributed by atoms with Crippen LogP contribution in [0.4, 0.5) is 5.69 Å². The zero-order chi connectivity index (χ0) is 12.0. The molecule has 0 aliphatic heterocycles. The smallest absolute Gasteiger partial charge is 0.223 e. The molecule has 0 unspecified atom stereocenters. The summed E-state index contributed by atoms with van der Waals surface area (Å²) in [5, 5.41) is 0. The zero-order valence-electron chi connectivity index (χ0n) is 9.05. The summed E-state index contributed by atoms with van der Waals surface area (Å²) >= 11 is 1.77. The Labute approximate surface area is 98.8 Å². The number of rotatable bonds is 3. The lowest BCUT2D eigenvalue weighted by Gasteiger charge is -1.99. The average Bonchev–Trinajstić information content (AvgIpc) is 2.20. The van der Waals surface area contributed by atoms with Crippen LogP contribution in [0.5, 0.6) is 0 Å². The van der Waals surface area contributed by atoms with Gasteiger partial charge in [0, 0.05) is 4.90 Å². The van der Waals surface area contributed by atoms with Gasteiger partial charge in [-0.2, -0.15) is 4.99 Å². The van der Waals surface area contributed by atoms with Gasteiger partial charge in [0.15, 0.2) is 5.96 Å². The van der Waals surface area contributed by atoms with Gasteiger partial charge in [-0.3, -0.25) is 0 Å². The minimum absolute atomic E-state index is 0.0518. The van der Waals surface area contributed by atoms with Crippen molar-refractivity contribution in [2.24, 2.45) is 27.2 Å². The summed E-state index contributed by atoms with van der Waals surface area (Å²) in [7, 11) is 0. The number of thioether (sulfide) groups is 1. The van der Waals surface area contributed by atoms with Crippen molar-refractivity contribution >= 4 is 29.4 Å². The van der Waals surface area contributed by atoms with Gasteiger partial charge in [-0.1, -0.05) is 6.92 Å². The topological polar surface area (TPSA) is 103 Å². The number of hydrogen-bond acceptors (Lipinski definition) is 2. The molecule has 1 aromatic carbocycles. The number of benzene rings is 1. The summed E-state index contributed by atoms with van der Waals surface area (Å²) < 4.78 is 0. The highest BCUT2D eigenvalue weighted by Crippen LogP contribution is 2.21. The Balaban J connectivity index is 2.78. The van der Waals surface area contributed by atoms with Crippen LogP contribution in [0.25, 0.3) is 0 Å². The molecule has 6 heteroatoms. The van der Waals surface area contributed by atoms with Crippen molar-refractivity contribution in [3.63, 3.8) is 0 Å². The van der Waals surface area contributed by atoms with Gasteiger partial charge in [-0.05, 0) is 30.0 Å². The number of aliphatic imine (C=N–C) groups is 2. The van der Waals surface area contributed by atoms with Crippen molar-refractivity contribution in [1.29, 1.82) is 0 Å². The number of guanidine groups is 2. The molecule has 0 spiro atoms. The standard InChI is InChI=1S/C10H15N5S/c1-2-16-8-5-3-7(4-6-8)14-10(13)15-9(11)12/h3-6H,2H2,1H3,(H6,11,12,13,14,15). The SMILES string of the molecule is CCSc1ccc(N=C(N)N=C(N)N)cc1. The molecule has 1 rings (SSSR count). The quantitative estimate of drug-likeness (QED) is 0.415. The van der Waals surface area contributed by atoms with E-state index in [1.54, 1.807) is 11.8 Å². The van der Waals surface area contributed by atoms with Gasteiger partial charge in [0.1, 0.15) is 0 Å². The van der Waals surface area contributed by atoms with E-state index in [-0.39, 0.29) is 11.9 Å². The van der Waals surface area contributed by atoms with Gasteiger partial charge in [-0.15, -0.1) is 11.8 Å². The van der Waals surface area contributed by atoms with Crippen LogP contribution in [-0.4, -0.2) is 17.7 Å². The van der Waals surface area contributed by atoms with Crippen LogP contribution >= 0.6 is 11.8 Å². The predicted octanol–water partition coefficient (Wildman–Crippen LogP) is 1.02. The van der Waals surface area contributed by atoms with E-state index >= 15 is 0 Å². The van der Waals surface area contributed by atoms with Crippen molar-refractivity contribution < 1.29 is 0 Å².